The summed E-state index contributed by atoms with van der Waals surface area (Å²) in [7, 11) is 0. The fourth-order valence-corrected chi connectivity index (χ4v) is 2.11. The van der Waals surface area contributed by atoms with Crippen molar-refractivity contribution in [3.63, 3.8) is 0 Å². The highest BCUT2D eigenvalue weighted by molar-refractivity contribution is 6.29. The second-order valence-electron chi connectivity index (χ2n) is 3.82. The van der Waals surface area contributed by atoms with Crippen molar-refractivity contribution in [3.8, 4) is 0 Å². The highest BCUT2D eigenvalue weighted by Crippen LogP contribution is 2.23. The van der Waals surface area contributed by atoms with E-state index in [-0.39, 0.29) is 0 Å². The Morgan fingerprint density at radius 1 is 1.50 bits per heavy atom. The van der Waals surface area contributed by atoms with Crippen LogP contribution in [0.25, 0.3) is 0 Å². The topological polar surface area (TPSA) is 29.0 Å². The number of nitrogens with zero attached hydrogens (tertiary/aromatic N) is 3. The normalized spacial score (nSPS) is 21.6. The molecule has 2 rings (SSSR count). The van der Waals surface area contributed by atoms with Gasteiger partial charge < -0.3 is 4.90 Å². The molecule has 1 aliphatic rings. The molecule has 0 bridgehead atoms. The van der Waals surface area contributed by atoms with Crippen LogP contribution in [-0.4, -0.2) is 22.6 Å². The zero-order valence-corrected chi connectivity index (χ0v) is 9.25. The molecule has 76 valence electrons. The predicted octanol–water partition coefficient (Wildman–Crippen LogP) is 2.43. The van der Waals surface area contributed by atoms with Crippen molar-refractivity contribution in [2.24, 2.45) is 0 Å². The van der Waals surface area contributed by atoms with E-state index in [0.29, 0.717) is 11.2 Å². The van der Waals surface area contributed by atoms with Gasteiger partial charge in [0.15, 0.2) is 0 Å². The van der Waals surface area contributed by atoms with E-state index in [9.17, 15) is 0 Å². The van der Waals surface area contributed by atoms with Gasteiger partial charge in [-0.3, -0.25) is 0 Å². The molecule has 4 heteroatoms. The summed E-state index contributed by atoms with van der Waals surface area (Å²) < 4.78 is 0. The van der Waals surface area contributed by atoms with Crippen LogP contribution in [0.2, 0.25) is 5.15 Å². The first-order valence-corrected chi connectivity index (χ1v) is 5.32. The second kappa shape index (κ2) is 3.73. The molecule has 14 heavy (non-hydrogen) atoms. The predicted molar refractivity (Wildman–Crippen MR) is 57.8 cm³/mol. The zero-order valence-electron chi connectivity index (χ0n) is 8.50. The summed E-state index contributed by atoms with van der Waals surface area (Å²) in [5.41, 5.74) is 0.930. The highest BCUT2D eigenvalue weighted by atomic mass is 35.5. The third kappa shape index (κ3) is 1.82. The van der Waals surface area contributed by atoms with E-state index in [0.717, 1.165) is 18.2 Å². The average molecular weight is 212 g/mol. The van der Waals surface area contributed by atoms with Crippen molar-refractivity contribution in [2.45, 2.75) is 32.7 Å². The van der Waals surface area contributed by atoms with Gasteiger partial charge in [0.2, 0.25) is 5.95 Å². The molecule has 0 radical (unpaired) electrons. The van der Waals surface area contributed by atoms with E-state index in [2.05, 4.69) is 21.8 Å². The minimum absolute atomic E-state index is 0.534. The van der Waals surface area contributed by atoms with Crippen LogP contribution in [0, 0.1) is 6.92 Å². The van der Waals surface area contributed by atoms with Crippen molar-refractivity contribution < 1.29 is 0 Å². The fourth-order valence-electron chi connectivity index (χ4n) is 1.87. The Labute approximate surface area is 89.1 Å². The molecule has 0 aliphatic carbocycles. The summed E-state index contributed by atoms with van der Waals surface area (Å²) >= 11 is 5.90. The number of halogens is 1. The summed E-state index contributed by atoms with van der Waals surface area (Å²) in [6, 6.07) is 2.32. The molecule has 0 N–H and O–H groups in total. The maximum absolute atomic E-state index is 5.90. The first-order chi connectivity index (χ1) is 6.66. The van der Waals surface area contributed by atoms with Crippen molar-refractivity contribution in [3.05, 3.63) is 16.9 Å². The number of rotatable bonds is 1. The summed E-state index contributed by atoms with van der Waals surface area (Å²) in [5, 5.41) is 0.534. The molecule has 0 spiro atoms. The van der Waals surface area contributed by atoms with E-state index >= 15 is 0 Å². The SMILES string of the molecule is Cc1cc(Cl)nc(N2CCCC2C)n1. The quantitative estimate of drug-likeness (QED) is 0.669. The van der Waals surface area contributed by atoms with Gasteiger partial charge in [-0.1, -0.05) is 11.6 Å². The number of hydrogen-bond acceptors (Lipinski definition) is 3. The highest BCUT2D eigenvalue weighted by Gasteiger charge is 2.22. The van der Waals surface area contributed by atoms with E-state index in [1.165, 1.54) is 12.8 Å². The van der Waals surface area contributed by atoms with Crippen LogP contribution < -0.4 is 4.90 Å². The van der Waals surface area contributed by atoms with Gasteiger partial charge in [0, 0.05) is 18.3 Å². The molecule has 1 aliphatic heterocycles. The summed E-state index contributed by atoms with van der Waals surface area (Å²) in [4.78, 5) is 10.9. The van der Waals surface area contributed by atoms with Crippen molar-refractivity contribution in [1.29, 1.82) is 0 Å². The Bertz CT molecular complexity index is 320. The maximum Gasteiger partial charge on any atom is 0.227 e. The third-order valence-corrected chi connectivity index (χ3v) is 2.81. The Kier molecular flexibility index (Phi) is 2.59. The average Bonchev–Trinajstić information content (AvgIpc) is 2.49. The molecular weight excluding hydrogens is 198 g/mol. The van der Waals surface area contributed by atoms with Crippen LogP contribution in [0.3, 0.4) is 0 Å². The third-order valence-electron chi connectivity index (χ3n) is 2.62. The molecule has 0 aromatic carbocycles. The second-order valence-corrected chi connectivity index (χ2v) is 4.20. The first-order valence-electron chi connectivity index (χ1n) is 4.94. The lowest BCUT2D eigenvalue weighted by molar-refractivity contribution is 0.715. The summed E-state index contributed by atoms with van der Waals surface area (Å²) in [6.07, 6.45) is 2.44. The molecule has 3 nitrogen and oxygen atoms in total. The van der Waals surface area contributed by atoms with Crippen LogP contribution in [0.5, 0.6) is 0 Å². The lowest BCUT2D eigenvalue weighted by Crippen LogP contribution is -2.28. The van der Waals surface area contributed by atoms with Gasteiger partial charge in [-0.05, 0) is 32.8 Å². The number of anilines is 1. The monoisotopic (exact) mass is 211 g/mol. The summed E-state index contributed by atoms with van der Waals surface area (Å²) in [5.74, 6) is 0.778. The molecule has 1 aromatic heterocycles. The Morgan fingerprint density at radius 2 is 2.29 bits per heavy atom. The molecule has 0 saturated carbocycles. The van der Waals surface area contributed by atoms with Gasteiger partial charge in [0.1, 0.15) is 5.15 Å². The van der Waals surface area contributed by atoms with Gasteiger partial charge in [-0.25, -0.2) is 9.97 Å². The van der Waals surface area contributed by atoms with Gasteiger partial charge in [-0.15, -0.1) is 0 Å². The van der Waals surface area contributed by atoms with Gasteiger partial charge in [-0.2, -0.15) is 0 Å². The first kappa shape index (κ1) is 9.71. The van der Waals surface area contributed by atoms with E-state index in [1.54, 1.807) is 6.07 Å². The Hall–Kier alpha value is -0.830. The molecule has 1 fully saturated rings. The number of aryl methyl sites for hydroxylation is 1. The fraction of sp³-hybridized carbons (Fsp3) is 0.600. The minimum Gasteiger partial charge on any atom is -0.338 e. The lowest BCUT2D eigenvalue weighted by atomic mass is 10.2. The molecule has 1 aromatic rings. The number of aromatic nitrogens is 2. The largest absolute Gasteiger partial charge is 0.338 e. The van der Waals surface area contributed by atoms with Gasteiger partial charge in [0.05, 0.1) is 0 Å². The maximum atomic E-state index is 5.90. The van der Waals surface area contributed by atoms with Crippen LogP contribution in [0.4, 0.5) is 5.95 Å². The summed E-state index contributed by atoms with van der Waals surface area (Å²) in [6.45, 7) is 5.19. The minimum atomic E-state index is 0.534. The van der Waals surface area contributed by atoms with Crippen LogP contribution >= 0.6 is 11.6 Å². The molecule has 1 atom stereocenters. The van der Waals surface area contributed by atoms with Crippen LogP contribution in [0.1, 0.15) is 25.5 Å². The zero-order chi connectivity index (χ0) is 10.1. The molecule has 0 amide bonds. The smallest absolute Gasteiger partial charge is 0.227 e. The van der Waals surface area contributed by atoms with E-state index in [1.807, 2.05) is 6.92 Å². The molecule has 1 unspecified atom stereocenters. The molecular formula is C10H14ClN3. The van der Waals surface area contributed by atoms with E-state index in [4.69, 9.17) is 11.6 Å². The van der Waals surface area contributed by atoms with Gasteiger partial charge in [0.25, 0.3) is 0 Å². The van der Waals surface area contributed by atoms with Crippen molar-refractivity contribution in [2.75, 3.05) is 11.4 Å². The number of hydrogen-bond donors (Lipinski definition) is 0. The van der Waals surface area contributed by atoms with Crippen LogP contribution in [-0.2, 0) is 0 Å². The lowest BCUT2D eigenvalue weighted by Gasteiger charge is -2.21. The van der Waals surface area contributed by atoms with Crippen molar-refractivity contribution in [1.82, 2.24) is 9.97 Å². The molecule has 2 heterocycles. The van der Waals surface area contributed by atoms with Crippen molar-refractivity contribution >= 4 is 17.5 Å². The Morgan fingerprint density at radius 3 is 2.86 bits per heavy atom. The van der Waals surface area contributed by atoms with E-state index < -0.39 is 0 Å². The van der Waals surface area contributed by atoms with Crippen LogP contribution in [0.15, 0.2) is 6.07 Å². The molecule has 1 saturated heterocycles. The Balaban J connectivity index is 2.31. The van der Waals surface area contributed by atoms with Gasteiger partial charge >= 0.3 is 0 Å². The standard InChI is InChI=1S/C10H14ClN3/c1-7-6-9(11)13-10(12-7)14-5-3-4-8(14)2/h6,8H,3-5H2,1-2H3.